The maximum Gasteiger partial charge on any atom is 0.271 e. The van der Waals surface area contributed by atoms with Crippen LogP contribution in [-0.2, 0) is 14.6 Å². The topological polar surface area (TPSA) is 130 Å². The van der Waals surface area contributed by atoms with E-state index in [4.69, 9.17) is 14.2 Å². The molecule has 188 valence electrons. The Hall–Kier alpha value is -3.90. The zero-order valence-electron chi connectivity index (χ0n) is 19.7. The van der Waals surface area contributed by atoms with Crippen LogP contribution in [0.1, 0.15) is 16.5 Å². The molecule has 3 aromatic rings. The van der Waals surface area contributed by atoms with Crippen LogP contribution in [0.5, 0.6) is 17.2 Å². The van der Waals surface area contributed by atoms with Crippen LogP contribution in [0.2, 0.25) is 0 Å². The van der Waals surface area contributed by atoms with Gasteiger partial charge in [-0.15, -0.1) is 0 Å². The summed E-state index contributed by atoms with van der Waals surface area (Å²) < 4.78 is 43.6. The summed E-state index contributed by atoms with van der Waals surface area (Å²) in [4.78, 5) is 14.3. The quantitative estimate of drug-likeness (QED) is 0.365. The van der Waals surface area contributed by atoms with Gasteiger partial charge in [-0.2, -0.15) is 5.23 Å². The zero-order chi connectivity index (χ0) is 26.0. The molecule has 0 aliphatic carbocycles. The van der Waals surface area contributed by atoms with Gasteiger partial charge in [0.1, 0.15) is 4.91 Å². The van der Waals surface area contributed by atoms with E-state index in [1.807, 2.05) is 0 Å². The summed E-state index contributed by atoms with van der Waals surface area (Å²) in [5.41, 5.74) is 0.765. The van der Waals surface area contributed by atoms with Crippen molar-refractivity contribution in [3.05, 3.63) is 88.0 Å². The van der Waals surface area contributed by atoms with Crippen molar-refractivity contribution in [2.24, 2.45) is 0 Å². The Balaban J connectivity index is 1.93. The van der Waals surface area contributed by atoms with E-state index in [0.717, 1.165) is 4.90 Å². The first-order valence-electron chi connectivity index (χ1n) is 10.7. The van der Waals surface area contributed by atoms with E-state index >= 15 is 0 Å². The van der Waals surface area contributed by atoms with Crippen molar-refractivity contribution in [2.45, 2.75) is 5.37 Å². The molecule has 0 bridgehead atoms. The molecule has 4 rings (SSSR count). The van der Waals surface area contributed by atoms with E-state index in [1.54, 1.807) is 30.3 Å². The van der Waals surface area contributed by atoms with Gasteiger partial charge < -0.3 is 19.4 Å². The highest BCUT2D eigenvalue weighted by molar-refractivity contribution is 7.97. The van der Waals surface area contributed by atoms with Crippen LogP contribution in [0.3, 0.4) is 0 Å². The van der Waals surface area contributed by atoms with Crippen molar-refractivity contribution in [3.8, 4) is 17.2 Å². The van der Waals surface area contributed by atoms with Crippen LogP contribution < -0.4 is 24.3 Å². The first-order chi connectivity index (χ1) is 17.2. The Morgan fingerprint density at radius 3 is 2.14 bits per heavy atom. The monoisotopic (exact) mass is 512 g/mol. The second-order valence-electron chi connectivity index (χ2n) is 7.81. The second-order valence-corrected chi connectivity index (χ2v) is 9.78. The molecule has 2 unspecified atom stereocenters. The van der Waals surface area contributed by atoms with Gasteiger partial charge >= 0.3 is 0 Å². The number of benzene rings is 3. The van der Waals surface area contributed by atoms with Gasteiger partial charge in [-0.25, -0.2) is 13.6 Å². The number of carbonyl (C=O) groups excluding carboxylic acids is 1. The van der Waals surface area contributed by atoms with Crippen molar-refractivity contribution < 1.29 is 37.9 Å². The molecule has 0 saturated carbocycles. The van der Waals surface area contributed by atoms with Gasteiger partial charge in [0.25, 0.3) is 5.91 Å². The molecule has 0 radical (unpaired) electrons. The van der Waals surface area contributed by atoms with Gasteiger partial charge in [0.05, 0.1) is 27.0 Å². The van der Waals surface area contributed by atoms with Gasteiger partial charge in [-0.3, -0.25) is 9.69 Å². The lowest BCUT2D eigenvalue weighted by Gasteiger charge is -2.24. The van der Waals surface area contributed by atoms with E-state index in [2.05, 4.69) is 0 Å². The zero-order valence-corrected chi connectivity index (χ0v) is 20.5. The Kier molecular flexibility index (Phi) is 7.00. The molecule has 1 aliphatic rings. The third kappa shape index (κ3) is 4.40. The van der Waals surface area contributed by atoms with Crippen molar-refractivity contribution in [1.29, 1.82) is 0 Å². The molecular weight excluding hydrogens is 488 g/mol. The molecule has 1 saturated heterocycles. The summed E-state index contributed by atoms with van der Waals surface area (Å²) in [7, 11) is 0.0549. The summed E-state index contributed by atoms with van der Waals surface area (Å²) in [5, 5.41) is 18.4. The lowest BCUT2D eigenvalue weighted by molar-refractivity contribution is -0.991. The van der Waals surface area contributed by atoms with Crippen LogP contribution >= 0.6 is 0 Å². The Morgan fingerprint density at radius 2 is 1.58 bits per heavy atom. The number of amides is 1. The lowest BCUT2D eigenvalue weighted by atomic mass is 10.1. The summed E-state index contributed by atoms with van der Waals surface area (Å²) in [5.74, 6) is 0.103. The third-order valence-electron chi connectivity index (χ3n) is 5.71. The van der Waals surface area contributed by atoms with E-state index in [-0.39, 0.29) is 22.9 Å². The van der Waals surface area contributed by atoms with Crippen LogP contribution in [0, 0.1) is 5.21 Å². The summed E-state index contributed by atoms with van der Waals surface area (Å²) >= 11 is 0. The SMILES string of the molecule is COc1cc(/C=C2\C(=O)N(c3cccc([NH+]([O-])O)c3)C(c3ccccc3)S2(=O)=O)cc(OC)c1OC. The highest BCUT2D eigenvalue weighted by Crippen LogP contribution is 2.45. The van der Waals surface area contributed by atoms with Gasteiger partial charge in [-0.05, 0) is 35.4 Å². The summed E-state index contributed by atoms with van der Waals surface area (Å²) in [6, 6.07) is 16.9. The fourth-order valence-electron chi connectivity index (χ4n) is 4.07. The minimum atomic E-state index is -4.24. The minimum absolute atomic E-state index is 0.0773. The molecule has 0 spiro atoms. The van der Waals surface area contributed by atoms with Crippen LogP contribution in [0.25, 0.3) is 6.08 Å². The van der Waals surface area contributed by atoms with E-state index < -0.39 is 31.2 Å². The molecule has 1 heterocycles. The smallest absolute Gasteiger partial charge is 0.271 e. The minimum Gasteiger partial charge on any atom is -0.595 e. The normalized spacial score (nSPS) is 18.8. The van der Waals surface area contributed by atoms with Crippen LogP contribution in [0.15, 0.2) is 71.6 Å². The summed E-state index contributed by atoms with van der Waals surface area (Å²) in [6.07, 6.45) is 1.25. The third-order valence-corrected chi connectivity index (χ3v) is 7.68. The first kappa shape index (κ1) is 25.2. The van der Waals surface area contributed by atoms with Crippen molar-refractivity contribution in [2.75, 3.05) is 26.2 Å². The Morgan fingerprint density at radius 1 is 0.944 bits per heavy atom. The van der Waals surface area contributed by atoms with E-state index in [1.165, 1.54) is 63.8 Å². The Bertz CT molecular complexity index is 1400. The van der Waals surface area contributed by atoms with Crippen molar-refractivity contribution in [1.82, 2.24) is 0 Å². The average Bonchev–Trinajstić information content (AvgIpc) is 3.08. The number of ether oxygens (including phenoxy) is 3. The number of nitrogens with zero attached hydrogens (tertiary/aromatic N) is 1. The largest absolute Gasteiger partial charge is 0.595 e. The molecule has 1 fully saturated rings. The first-order valence-corrected chi connectivity index (χ1v) is 12.2. The fourth-order valence-corrected chi connectivity index (χ4v) is 5.97. The fraction of sp³-hybridized carbons (Fsp3) is 0.160. The molecule has 2 N–H and O–H groups in total. The Labute approximate surface area is 208 Å². The number of nitrogens with one attached hydrogen (secondary N) is 1. The molecular formula is C25H24N2O8S. The molecule has 1 aliphatic heterocycles. The molecule has 10 nitrogen and oxygen atoms in total. The molecule has 0 aromatic heterocycles. The van der Waals surface area contributed by atoms with Crippen LogP contribution in [-0.4, -0.2) is 40.9 Å². The van der Waals surface area contributed by atoms with Crippen LogP contribution in [0.4, 0.5) is 11.4 Å². The van der Waals surface area contributed by atoms with Crippen molar-refractivity contribution >= 4 is 33.2 Å². The number of rotatable bonds is 7. The number of carbonyl (C=O) groups is 1. The molecule has 11 heteroatoms. The number of hydrogen-bond acceptors (Lipinski definition) is 8. The highest BCUT2D eigenvalue weighted by atomic mass is 32.2. The standard InChI is InChI=1S/C25H24N2O8S/c1-33-20-12-16(13-21(34-2)23(20)35-3)14-22-24(28)26(18-10-7-11-19(15-18)27(29)30)25(36(22,31)32)17-8-5-4-6-9-17/h4-15,25,27,29H,1-3H3/b22-14+. The summed E-state index contributed by atoms with van der Waals surface area (Å²) in [6.45, 7) is 0. The predicted molar refractivity (Wildman–Crippen MR) is 132 cm³/mol. The predicted octanol–water partition coefficient (Wildman–Crippen LogP) is 2.62. The van der Waals surface area contributed by atoms with Crippen molar-refractivity contribution in [3.63, 3.8) is 0 Å². The molecule has 1 amide bonds. The van der Waals surface area contributed by atoms with E-state index in [0.29, 0.717) is 16.9 Å². The maximum atomic E-state index is 13.8. The lowest BCUT2D eigenvalue weighted by Crippen LogP contribution is -2.99. The van der Waals surface area contributed by atoms with Gasteiger partial charge in [-0.1, -0.05) is 36.4 Å². The number of methoxy groups -OCH3 is 3. The number of anilines is 1. The van der Waals surface area contributed by atoms with Gasteiger partial charge in [0, 0.05) is 12.1 Å². The van der Waals surface area contributed by atoms with Gasteiger partial charge in [0.2, 0.25) is 15.6 Å². The molecule has 36 heavy (non-hydrogen) atoms. The number of quaternary nitrogens is 1. The number of sulfone groups is 1. The average molecular weight is 513 g/mol. The number of hydrogen-bond donors (Lipinski definition) is 2. The second kappa shape index (κ2) is 9.99. The highest BCUT2D eigenvalue weighted by Gasteiger charge is 2.50. The molecule has 3 aromatic carbocycles. The maximum absolute atomic E-state index is 13.8. The molecule has 2 atom stereocenters. The van der Waals surface area contributed by atoms with E-state index in [9.17, 15) is 23.6 Å². The van der Waals surface area contributed by atoms with Gasteiger partial charge in [0.15, 0.2) is 22.6 Å².